The fourth-order valence-corrected chi connectivity index (χ4v) is 3.90. The Labute approximate surface area is 124 Å². The Morgan fingerprint density at radius 1 is 0.950 bits per heavy atom. The zero-order chi connectivity index (χ0) is 14.4. The Morgan fingerprint density at radius 2 is 1.55 bits per heavy atom. The minimum absolute atomic E-state index is 0.256. The number of nitrogens with one attached hydrogen (secondary N) is 1. The molecule has 1 atom stereocenters. The predicted molar refractivity (Wildman–Crippen MR) is 83.3 cm³/mol. The zero-order valence-electron chi connectivity index (χ0n) is 13.1. The lowest BCUT2D eigenvalue weighted by molar-refractivity contribution is -0.126. The molecule has 0 radical (unpaired) electrons. The van der Waals surface area contributed by atoms with Gasteiger partial charge in [0.15, 0.2) is 0 Å². The van der Waals surface area contributed by atoms with E-state index in [2.05, 4.69) is 12.2 Å². The van der Waals surface area contributed by atoms with Gasteiger partial charge in [-0.15, -0.1) is 0 Å². The highest BCUT2D eigenvalue weighted by Crippen LogP contribution is 2.28. The second-order valence-electron chi connectivity index (χ2n) is 7.02. The van der Waals surface area contributed by atoms with E-state index in [1.165, 1.54) is 44.9 Å². The normalized spacial score (nSPS) is 31.1. The molecule has 3 heteroatoms. The number of hydrogen-bond acceptors (Lipinski definition) is 2. The van der Waals surface area contributed by atoms with Crippen molar-refractivity contribution in [3.8, 4) is 0 Å². The number of nitrogens with two attached hydrogens (primary N) is 1. The summed E-state index contributed by atoms with van der Waals surface area (Å²) >= 11 is 0. The molecule has 2 fully saturated rings. The third-order valence-electron chi connectivity index (χ3n) is 5.32. The minimum Gasteiger partial charge on any atom is -0.353 e. The van der Waals surface area contributed by atoms with Crippen LogP contribution in [0.3, 0.4) is 0 Å². The maximum absolute atomic E-state index is 12.4. The monoisotopic (exact) mass is 280 g/mol. The average Bonchev–Trinajstić information content (AvgIpc) is 2.39. The molecule has 2 aliphatic rings. The summed E-state index contributed by atoms with van der Waals surface area (Å²) in [6.07, 6.45) is 13.1. The van der Waals surface area contributed by atoms with Gasteiger partial charge in [0.2, 0.25) is 5.91 Å². The summed E-state index contributed by atoms with van der Waals surface area (Å²) in [7, 11) is 0. The van der Waals surface area contributed by atoms with Crippen molar-refractivity contribution in [3.63, 3.8) is 0 Å². The van der Waals surface area contributed by atoms with E-state index in [0.717, 1.165) is 25.7 Å². The van der Waals surface area contributed by atoms with E-state index < -0.39 is 0 Å². The van der Waals surface area contributed by atoms with Crippen LogP contribution in [0.2, 0.25) is 0 Å². The highest BCUT2D eigenvalue weighted by molar-refractivity contribution is 5.78. The first-order valence-corrected chi connectivity index (χ1v) is 8.72. The van der Waals surface area contributed by atoms with Gasteiger partial charge in [-0.05, 0) is 51.4 Å². The fourth-order valence-electron chi connectivity index (χ4n) is 3.90. The lowest BCUT2D eigenvalue weighted by Crippen LogP contribution is -2.40. The van der Waals surface area contributed by atoms with Gasteiger partial charge in [0.1, 0.15) is 0 Å². The molecule has 0 heterocycles. The van der Waals surface area contributed by atoms with E-state index in [0.29, 0.717) is 23.9 Å². The molecule has 116 valence electrons. The highest BCUT2D eigenvalue weighted by Gasteiger charge is 2.25. The van der Waals surface area contributed by atoms with E-state index >= 15 is 0 Å². The predicted octanol–water partition coefficient (Wildman–Crippen LogP) is 3.37. The van der Waals surface area contributed by atoms with Crippen LogP contribution in [0.1, 0.15) is 77.6 Å². The molecule has 0 aromatic carbocycles. The molecule has 20 heavy (non-hydrogen) atoms. The van der Waals surface area contributed by atoms with Crippen LogP contribution >= 0.6 is 0 Å². The largest absolute Gasteiger partial charge is 0.353 e. The van der Waals surface area contributed by atoms with Crippen LogP contribution in [0.4, 0.5) is 0 Å². The first-order valence-electron chi connectivity index (χ1n) is 8.72. The highest BCUT2D eigenvalue weighted by atomic mass is 16.1. The molecule has 2 saturated carbocycles. The van der Waals surface area contributed by atoms with Gasteiger partial charge in [-0.1, -0.05) is 32.1 Å². The second kappa shape index (κ2) is 8.02. The average molecular weight is 280 g/mol. The van der Waals surface area contributed by atoms with Gasteiger partial charge in [0, 0.05) is 18.0 Å². The first-order chi connectivity index (χ1) is 9.66. The third-order valence-corrected chi connectivity index (χ3v) is 5.32. The van der Waals surface area contributed by atoms with Crippen LogP contribution < -0.4 is 11.1 Å². The first kappa shape index (κ1) is 15.8. The Hall–Kier alpha value is -0.570. The maximum atomic E-state index is 12.4. The summed E-state index contributed by atoms with van der Waals surface area (Å²) in [5.41, 5.74) is 6.03. The lowest BCUT2D eigenvalue weighted by Gasteiger charge is -2.28. The number of hydrogen-bond donors (Lipinski definition) is 2. The van der Waals surface area contributed by atoms with E-state index in [1.807, 2.05) is 0 Å². The smallest absolute Gasteiger partial charge is 0.223 e. The molecular formula is C17H32N2O. The summed E-state index contributed by atoms with van der Waals surface area (Å²) < 4.78 is 0. The van der Waals surface area contributed by atoms with Crippen molar-refractivity contribution in [1.29, 1.82) is 0 Å². The molecule has 2 rings (SSSR count). The topological polar surface area (TPSA) is 55.1 Å². The number of amides is 1. The van der Waals surface area contributed by atoms with Crippen molar-refractivity contribution >= 4 is 5.91 Å². The summed E-state index contributed by atoms with van der Waals surface area (Å²) in [5.74, 6) is 1.25. The van der Waals surface area contributed by atoms with Gasteiger partial charge >= 0.3 is 0 Å². The van der Waals surface area contributed by atoms with Crippen LogP contribution in [0, 0.1) is 11.8 Å². The van der Waals surface area contributed by atoms with Crippen LogP contribution in [0.5, 0.6) is 0 Å². The molecule has 0 aromatic heterocycles. The third kappa shape index (κ3) is 4.76. The molecule has 3 N–H and O–H groups in total. The fraction of sp³-hybridized carbons (Fsp3) is 0.941. The second-order valence-corrected chi connectivity index (χ2v) is 7.02. The van der Waals surface area contributed by atoms with Gasteiger partial charge in [-0.25, -0.2) is 0 Å². The Balaban J connectivity index is 1.76. The standard InChI is InChI=1S/C17H32N2O/c1-13(18)14-7-5-9-15(10-6-8-14)17(20)19-16-11-3-2-4-12-16/h13-16H,2-12,18H2,1H3,(H,19,20). The Morgan fingerprint density at radius 3 is 2.10 bits per heavy atom. The Kier molecular flexibility index (Phi) is 6.34. The summed E-state index contributed by atoms with van der Waals surface area (Å²) in [4.78, 5) is 12.4. The molecule has 0 spiro atoms. The van der Waals surface area contributed by atoms with E-state index in [9.17, 15) is 4.79 Å². The summed E-state index contributed by atoms with van der Waals surface area (Å²) in [5, 5.41) is 3.31. The van der Waals surface area contributed by atoms with Gasteiger partial charge in [0.05, 0.1) is 0 Å². The number of carbonyl (C=O) groups is 1. The molecule has 1 amide bonds. The van der Waals surface area contributed by atoms with Crippen LogP contribution in [-0.2, 0) is 4.79 Å². The van der Waals surface area contributed by atoms with Crippen molar-refractivity contribution in [2.24, 2.45) is 17.6 Å². The van der Waals surface area contributed by atoms with Crippen molar-refractivity contribution < 1.29 is 4.79 Å². The van der Waals surface area contributed by atoms with Crippen LogP contribution in [-0.4, -0.2) is 18.0 Å². The molecule has 1 unspecified atom stereocenters. The molecule has 0 saturated heterocycles. The van der Waals surface area contributed by atoms with Crippen molar-refractivity contribution in [3.05, 3.63) is 0 Å². The lowest BCUT2D eigenvalue weighted by atomic mass is 9.82. The van der Waals surface area contributed by atoms with E-state index in [1.54, 1.807) is 0 Å². The molecule has 0 aliphatic heterocycles. The number of rotatable bonds is 3. The minimum atomic E-state index is 0.256. The van der Waals surface area contributed by atoms with Gasteiger partial charge in [0.25, 0.3) is 0 Å². The summed E-state index contributed by atoms with van der Waals surface area (Å²) in [6.45, 7) is 2.12. The van der Waals surface area contributed by atoms with Crippen molar-refractivity contribution in [2.75, 3.05) is 0 Å². The molecular weight excluding hydrogens is 248 g/mol. The molecule has 3 nitrogen and oxygen atoms in total. The Bertz CT molecular complexity index is 287. The van der Waals surface area contributed by atoms with Crippen LogP contribution in [0.25, 0.3) is 0 Å². The number of carbonyl (C=O) groups excluding carboxylic acids is 1. The summed E-state index contributed by atoms with van der Waals surface area (Å²) in [6, 6.07) is 0.765. The van der Waals surface area contributed by atoms with Crippen molar-refractivity contribution in [2.45, 2.75) is 89.6 Å². The molecule has 2 aliphatic carbocycles. The van der Waals surface area contributed by atoms with Gasteiger partial charge in [-0.2, -0.15) is 0 Å². The zero-order valence-corrected chi connectivity index (χ0v) is 13.1. The van der Waals surface area contributed by atoms with Gasteiger partial charge in [-0.3, -0.25) is 4.79 Å². The van der Waals surface area contributed by atoms with Gasteiger partial charge < -0.3 is 11.1 Å². The van der Waals surface area contributed by atoms with E-state index in [-0.39, 0.29) is 5.92 Å². The molecule has 0 bridgehead atoms. The van der Waals surface area contributed by atoms with Crippen LogP contribution in [0.15, 0.2) is 0 Å². The van der Waals surface area contributed by atoms with E-state index in [4.69, 9.17) is 5.73 Å². The molecule has 0 aromatic rings. The quantitative estimate of drug-likeness (QED) is 0.833. The van der Waals surface area contributed by atoms with Crippen molar-refractivity contribution in [1.82, 2.24) is 5.32 Å². The SMILES string of the molecule is CC(N)C1CCCC(C(=O)NC2CCCCC2)CCC1. The maximum Gasteiger partial charge on any atom is 0.223 e.